The number of Topliss-reactive ketones (excluding diaryl/α,β-unsaturated/α-hetero) is 1. The lowest BCUT2D eigenvalue weighted by molar-refractivity contribution is -0.391. The number of aldehydes is 1. The molecule has 3 heterocycles. The lowest BCUT2D eigenvalue weighted by Gasteiger charge is -2.70. The van der Waals surface area contributed by atoms with E-state index < -0.39 is 122 Å². The highest BCUT2D eigenvalue weighted by atomic mass is 16.8. The lowest BCUT2D eigenvalue weighted by atomic mass is 9.34. The van der Waals surface area contributed by atoms with Crippen molar-refractivity contribution in [3.8, 4) is 0 Å². The number of aliphatic hydroxyl groups is 8. The summed E-state index contributed by atoms with van der Waals surface area (Å²) in [7, 11) is 0. The third-order valence-electron chi connectivity index (χ3n) is 18.1. The number of carboxylic acids is 1. The Morgan fingerprint density at radius 2 is 1.45 bits per heavy atom. The van der Waals surface area contributed by atoms with Crippen molar-refractivity contribution in [2.45, 2.75) is 191 Å². The van der Waals surface area contributed by atoms with Crippen LogP contribution in [0, 0.1) is 50.7 Å². The number of carbonyl (C=O) groups is 3. The van der Waals surface area contributed by atoms with Gasteiger partial charge in [0.25, 0.3) is 0 Å². The van der Waals surface area contributed by atoms with E-state index in [0.29, 0.717) is 25.0 Å². The van der Waals surface area contributed by atoms with E-state index >= 15 is 0 Å². The van der Waals surface area contributed by atoms with Gasteiger partial charge in [0, 0.05) is 17.8 Å². The highest BCUT2D eigenvalue weighted by Crippen LogP contribution is 2.74. The van der Waals surface area contributed by atoms with Gasteiger partial charge in [0.15, 0.2) is 25.0 Å². The van der Waals surface area contributed by atoms with Gasteiger partial charge in [0.05, 0.1) is 24.7 Å². The van der Waals surface area contributed by atoms with Crippen LogP contribution in [0.15, 0.2) is 11.6 Å². The fourth-order valence-electron chi connectivity index (χ4n) is 14.3. The molecule has 9 N–H and O–H groups in total. The summed E-state index contributed by atoms with van der Waals surface area (Å²) in [5.41, 5.74) is -0.696. The van der Waals surface area contributed by atoms with Gasteiger partial charge < -0.3 is 79.2 Å². The molecule has 0 unspecified atom stereocenters. The van der Waals surface area contributed by atoms with Gasteiger partial charge in [-0.1, -0.05) is 53.2 Å². The van der Waals surface area contributed by atoms with E-state index in [2.05, 4.69) is 40.7 Å². The number of carbonyl (C=O) groups excluding carboxylic acids is 2. The molecule has 3 aliphatic heterocycles. The van der Waals surface area contributed by atoms with E-state index in [1.165, 1.54) is 5.57 Å². The maximum atomic E-state index is 14.1. The summed E-state index contributed by atoms with van der Waals surface area (Å²) >= 11 is 0. The van der Waals surface area contributed by atoms with Gasteiger partial charge in [-0.2, -0.15) is 0 Å². The van der Waals surface area contributed by atoms with Crippen LogP contribution in [0.2, 0.25) is 0 Å². The van der Waals surface area contributed by atoms with Crippen LogP contribution in [0.1, 0.15) is 99.3 Å². The molecule has 362 valence electrons. The zero-order valence-corrected chi connectivity index (χ0v) is 37.6. The van der Waals surface area contributed by atoms with Crippen molar-refractivity contribution < 1.29 is 88.8 Å². The third kappa shape index (κ3) is 7.58. The lowest BCUT2D eigenvalue weighted by Crippen LogP contribution is -2.68. The smallest absolute Gasteiger partial charge is 0.335 e. The van der Waals surface area contributed by atoms with E-state index in [9.17, 15) is 60.3 Å². The van der Waals surface area contributed by atoms with Crippen molar-refractivity contribution in [3.05, 3.63) is 11.6 Å². The number of hydrogen-bond donors (Lipinski definition) is 9. The molecule has 0 radical (unpaired) electrons. The van der Waals surface area contributed by atoms with Gasteiger partial charge >= 0.3 is 5.97 Å². The van der Waals surface area contributed by atoms with E-state index in [1.807, 2.05) is 6.92 Å². The van der Waals surface area contributed by atoms with Crippen LogP contribution in [-0.2, 0) is 42.8 Å². The number of rotatable bonds is 9. The van der Waals surface area contributed by atoms with Crippen LogP contribution in [-0.4, -0.2) is 169 Å². The van der Waals surface area contributed by atoms with Crippen molar-refractivity contribution in [1.29, 1.82) is 0 Å². The molecule has 0 aromatic rings. The Labute approximate surface area is 373 Å². The Kier molecular flexibility index (Phi) is 13.0. The molecule has 23 atom stereocenters. The van der Waals surface area contributed by atoms with Gasteiger partial charge in [0.1, 0.15) is 73.1 Å². The van der Waals surface area contributed by atoms with Gasteiger partial charge in [-0.05, 0) is 85.4 Å². The number of ether oxygens (including phenoxy) is 6. The molecule has 18 nitrogen and oxygen atoms in total. The van der Waals surface area contributed by atoms with Crippen LogP contribution in [0.4, 0.5) is 0 Å². The maximum Gasteiger partial charge on any atom is 0.335 e. The van der Waals surface area contributed by atoms with E-state index in [4.69, 9.17) is 28.4 Å². The number of ketones is 1. The van der Waals surface area contributed by atoms with E-state index in [1.54, 1.807) is 0 Å². The zero-order valence-electron chi connectivity index (χ0n) is 37.6. The van der Waals surface area contributed by atoms with Gasteiger partial charge in [-0.25, -0.2) is 4.79 Å². The second kappa shape index (κ2) is 17.2. The van der Waals surface area contributed by atoms with Gasteiger partial charge in [-0.15, -0.1) is 0 Å². The summed E-state index contributed by atoms with van der Waals surface area (Å²) in [5, 5.41) is 95.4. The summed E-state index contributed by atoms with van der Waals surface area (Å²) in [4.78, 5) is 40.6. The van der Waals surface area contributed by atoms with E-state index in [0.717, 1.165) is 38.4 Å². The van der Waals surface area contributed by atoms with Crippen LogP contribution in [0.5, 0.6) is 0 Å². The molecule has 0 aromatic heterocycles. The molecule has 0 aromatic carbocycles. The van der Waals surface area contributed by atoms with Crippen LogP contribution >= 0.6 is 0 Å². The Morgan fingerprint density at radius 1 is 0.766 bits per heavy atom. The Hall–Kier alpha value is -2.01. The molecular formula is C46H70O18. The summed E-state index contributed by atoms with van der Waals surface area (Å²) < 4.78 is 35.9. The highest BCUT2D eigenvalue weighted by Gasteiger charge is 2.69. The molecule has 4 saturated carbocycles. The van der Waals surface area contributed by atoms with Crippen molar-refractivity contribution in [2.75, 3.05) is 13.2 Å². The van der Waals surface area contributed by atoms with Crippen molar-refractivity contribution >= 4 is 18.0 Å². The van der Waals surface area contributed by atoms with Gasteiger partial charge in [0.2, 0.25) is 0 Å². The zero-order chi connectivity index (χ0) is 46.6. The monoisotopic (exact) mass is 910 g/mol. The molecule has 8 aliphatic rings. The number of aliphatic hydroxyl groups excluding tert-OH is 8. The normalized spacial score (nSPS) is 53.8. The number of allylic oxidation sites excluding steroid dienone is 2. The number of aliphatic carboxylic acids is 1. The molecule has 7 fully saturated rings. The molecule has 18 heteroatoms. The molecule has 8 rings (SSSR count). The molecule has 0 bridgehead atoms. The minimum absolute atomic E-state index is 0.0486. The first kappa shape index (κ1) is 48.4. The Morgan fingerprint density at radius 3 is 2.12 bits per heavy atom. The molecule has 5 aliphatic carbocycles. The minimum Gasteiger partial charge on any atom is -0.479 e. The summed E-state index contributed by atoms with van der Waals surface area (Å²) in [6, 6.07) is 0. The van der Waals surface area contributed by atoms with Crippen LogP contribution in [0.25, 0.3) is 0 Å². The number of hydrogen-bond acceptors (Lipinski definition) is 17. The van der Waals surface area contributed by atoms with Gasteiger partial charge in [-0.3, -0.25) is 4.79 Å². The Bertz CT molecular complexity index is 1810. The van der Waals surface area contributed by atoms with E-state index in [-0.39, 0.29) is 46.3 Å². The quantitative estimate of drug-likeness (QED) is 0.0857. The predicted molar refractivity (Wildman–Crippen MR) is 219 cm³/mol. The first-order valence-corrected chi connectivity index (χ1v) is 23.1. The first-order valence-electron chi connectivity index (χ1n) is 23.1. The predicted octanol–water partition coefficient (Wildman–Crippen LogP) is 0.341. The van der Waals surface area contributed by atoms with Crippen molar-refractivity contribution in [3.63, 3.8) is 0 Å². The fourth-order valence-corrected chi connectivity index (χ4v) is 14.3. The summed E-state index contributed by atoms with van der Waals surface area (Å²) in [6.07, 6.45) is -16.8. The number of carboxylic acid groups (broad SMARTS) is 1. The number of fused-ring (bicyclic) bond motifs is 7. The SMILES string of the molecule is CC1(C)CC[C@@H]2C(=O)C[C@]3(C)C(=CC[C@@H]4[C@@]5(C)CC[C@H](O[C@@H]6O[C@H](C(=O)O)[C@@H](O)[C@H](O[C@@H]7OC[C@@H](O)[C@H](O)[C@H]7O)[C@H]6O[C@@H]6O[C@H](CO)[C@H](O)[C@H](O)[C@H]6O)[C@@](C)(C=O)[C@@H]5CC[C@]43C)[C@@H]2C1. The standard InChI is InChI=1S/C46H70O18/c1-42(2)12-9-20-21(15-42)22-7-8-27-43(3)13-11-28(44(4,19-48)26(43)10-14-45(27,5)46(22,6)16-23(20)49)61-41-37(64-40-33(55)31(53)30(52)25(17-47)60-40)35(34(56)36(63-41)38(57)58)62-39-32(54)29(51)24(50)18-59-39/h7,19-21,24-37,39-41,47,50-56H,8-18H2,1-6H3,(H,57,58)/t20-,21+,24+,25+,26+,27+,28-,29-,30-,31-,32+,33+,34-,35-,36-,37+,39-,40-,41+,43-,44-,45+,46+/m0/s1. The largest absolute Gasteiger partial charge is 0.479 e. The van der Waals surface area contributed by atoms with Crippen molar-refractivity contribution in [2.24, 2.45) is 50.7 Å². The Balaban J connectivity index is 1.12. The fraction of sp³-hybridized carbons (Fsp3) is 0.891. The molecule has 3 saturated heterocycles. The van der Waals surface area contributed by atoms with Crippen LogP contribution in [0.3, 0.4) is 0 Å². The molecule has 0 amide bonds. The third-order valence-corrected chi connectivity index (χ3v) is 18.1. The molecule has 64 heavy (non-hydrogen) atoms. The topological polar surface area (TPSA) is 289 Å². The first-order chi connectivity index (χ1) is 30.0. The second-order valence-corrected chi connectivity index (χ2v) is 22.1. The average molecular weight is 911 g/mol. The van der Waals surface area contributed by atoms with Crippen molar-refractivity contribution in [1.82, 2.24) is 0 Å². The average Bonchev–Trinajstić information content (AvgIpc) is 3.23. The molecule has 0 spiro atoms. The molecular weight excluding hydrogens is 840 g/mol. The minimum atomic E-state index is -2.11. The second-order valence-electron chi connectivity index (χ2n) is 22.1. The summed E-state index contributed by atoms with van der Waals surface area (Å²) in [5.74, 6) is -1.20. The highest BCUT2D eigenvalue weighted by molar-refractivity contribution is 5.85. The maximum absolute atomic E-state index is 14.1. The van der Waals surface area contributed by atoms with Crippen LogP contribution < -0.4 is 0 Å². The summed E-state index contributed by atoms with van der Waals surface area (Å²) in [6.45, 7) is 11.9.